The zero-order valence-corrected chi connectivity index (χ0v) is 8.74. The van der Waals surface area contributed by atoms with Crippen molar-refractivity contribution in [3.8, 4) is 0 Å². The van der Waals surface area contributed by atoms with E-state index in [9.17, 15) is 4.79 Å². The highest BCUT2D eigenvalue weighted by Crippen LogP contribution is 2.00. The van der Waals surface area contributed by atoms with Crippen LogP contribution in [0.1, 0.15) is 6.42 Å². The Morgan fingerprint density at radius 3 is 2.71 bits per heavy atom. The van der Waals surface area contributed by atoms with E-state index in [0.29, 0.717) is 26.2 Å². The van der Waals surface area contributed by atoms with Crippen molar-refractivity contribution in [1.82, 2.24) is 9.80 Å². The highest BCUT2D eigenvalue weighted by atomic mass is 16.5. The minimum atomic E-state index is 0.202. The standard InChI is InChI=1S/C10H18N2O2/c1-3-11(2)5-4-10(13)12-6-8-14-9-7-12/h1H,3-9H2,2H3. The van der Waals surface area contributed by atoms with Gasteiger partial charge in [0, 0.05) is 32.6 Å². The Kier molecular flexibility index (Phi) is 4.90. The molecule has 2 radical (unpaired) electrons. The van der Waals surface area contributed by atoms with E-state index in [2.05, 4.69) is 0 Å². The maximum absolute atomic E-state index is 11.6. The van der Waals surface area contributed by atoms with Crippen molar-refractivity contribution in [3.05, 3.63) is 6.92 Å². The van der Waals surface area contributed by atoms with E-state index < -0.39 is 0 Å². The molecule has 0 unspecified atom stereocenters. The lowest BCUT2D eigenvalue weighted by molar-refractivity contribution is -0.135. The molecule has 1 rings (SSSR count). The lowest BCUT2D eigenvalue weighted by Gasteiger charge is -2.27. The summed E-state index contributed by atoms with van der Waals surface area (Å²) in [5.74, 6) is 0.202. The van der Waals surface area contributed by atoms with Gasteiger partial charge in [0.25, 0.3) is 0 Å². The number of morpholine rings is 1. The van der Waals surface area contributed by atoms with Gasteiger partial charge in [-0.1, -0.05) is 0 Å². The second kappa shape index (κ2) is 5.98. The summed E-state index contributed by atoms with van der Waals surface area (Å²) in [6.45, 7) is 9.43. The fourth-order valence-electron chi connectivity index (χ4n) is 1.35. The van der Waals surface area contributed by atoms with Crippen LogP contribution in [0.15, 0.2) is 0 Å². The molecule has 0 bridgehead atoms. The predicted octanol–water partition coefficient (Wildman–Crippen LogP) is -0.122. The summed E-state index contributed by atoms with van der Waals surface area (Å²) in [4.78, 5) is 15.4. The van der Waals surface area contributed by atoms with Gasteiger partial charge < -0.3 is 14.5 Å². The maximum Gasteiger partial charge on any atom is 0.224 e. The van der Waals surface area contributed by atoms with Crippen LogP contribution in [0.2, 0.25) is 0 Å². The number of carbonyl (C=O) groups excluding carboxylic acids is 1. The largest absolute Gasteiger partial charge is 0.378 e. The molecule has 1 amide bonds. The quantitative estimate of drug-likeness (QED) is 0.631. The molecule has 1 saturated heterocycles. The normalized spacial score (nSPS) is 17.5. The van der Waals surface area contributed by atoms with Crippen LogP contribution in [0.3, 0.4) is 0 Å². The Bertz CT molecular complexity index is 179. The fraction of sp³-hybridized carbons (Fsp3) is 0.800. The van der Waals surface area contributed by atoms with Crippen molar-refractivity contribution < 1.29 is 9.53 Å². The molecular formula is C10H18N2O2. The van der Waals surface area contributed by atoms with Crippen LogP contribution in [0.25, 0.3) is 0 Å². The molecule has 1 heterocycles. The summed E-state index contributed by atoms with van der Waals surface area (Å²) in [5, 5.41) is 0. The Hall–Kier alpha value is -0.610. The van der Waals surface area contributed by atoms with Gasteiger partial charge in [0.2, 0.25) is 5.91 Å². The molecule has 4 nitrogen and oxygen atoms in total. The van der Waals surface area contributed by atoms with Gasteiger partial charge in [-0.15, -0.1) is 0 Å². The molecule has 14 heavy (non-hydrogen) atoms. The van der Waals surface area contributed by atoms with Gasteiger partial charge in [0.1, 0.15) is 0 Å². The van der Waals surface area contributed by atoms with Crippen molar-refractivity contribution in [2.24, 2.45) is 0 Å². The summed E-state index contributed by atoms with van der Waals surface area (Å²) < 4.78 is 5.17. The minimum absolute atomic E-state index is 0.202. The van der Waals surface area contributed by atoms with Crippen molar-refractivity contribution in [2.75, 3.05) is 46.4 Å². The summed E-state index contributed by atoms with van der Waals surface area (Å²) >= 11 is 0. The molecule has 0 saturated carbocycles. The average Bonchev–Trinajstić information content (AvgIpc) is 2.26. The first-order valence-corrected chi connectivity index (χ1v) is 4.98. The van der Waals surface area contributed by atoms with E-state index in [1.165, 1.54) is 0 Å². The van der Waals surface area contributed by atoms with Crippen LogP contribution in [-0.4, -0.2) is 62.1 Å². The Labute approximate surface area is 85.8 Å². The Morgan fingerprint density at radius 2 is 2.14 bits per heavy atom. The lowest BCUT2D eigenvalue weighted by Crippen LogP contribution is -2.41. The van der Waals surface area contributed by atoms with Gasteiger partial charge in [-0.05, 0) is 14.0 Å². The molecule has 1 fully saturated rings. The lowest BCUT2D eigenvalue weighted by atomic mass is 10.3. The molecule has 0 aromatic heterocycles. The first-order valence-electron chi connectivity index (χ1n) is 4.98. The molecule has 0 aromatic rings. The van der Waals surface area contributed by atoms with Crippen LogP contribution in [0.4, 0.5) is 0 Å². The van der Waals surface area contributed by atoms with Gasteiger partial charge in [0.05, 0.1) is 13.2 Å². The molecule has 1 aliphatic rings. The van der Waals surface area contributed by atoms with E-state index in [1.54, 1.807) is 0 Å². The first kappa shape index (κ1) is 11.5. The van der Waals surface area contributed by atoms with Gasteiger partial charge in [-0.3, -0.25) is 4.79 Å². The number of hydrogen-bond donors (Lipinski definition) is 0. The van der Waals surface area contributed by atoms with Gasteiger partial charge >= 0.3 is 0 Å². The van der Waals surface area contributed by atoms with E-state index >= 15 is 0 Å². The van der Waals surface area contributed by atoms with Crippen LogP contribution < -0.4 is 0 Å². The highest BCUT2D eigenvalue weighted by molar-refractivity contribution is 5.76. The number of nitrogens with zero attached hydrogens (tertiary/aromatic N) is 2. The summed E-state index contributed by atoms with van der Waals surface area (Å²) in [6, 6.07) is 0. The number of rotatable bonds is 4. The Balaban J connectivity index is 2.19. The van der Waals surface area contributed by atoms with Gasteiger partial charge in [-0.25, -0.2) is 0 Å². The third-order valence-corrected chi connectivity index (χ3v) is 2.38. The second-order valence-electron chi connectivity index (χ2n) is 3.51. The smallest absolute Gasteiger partial charge is 0.224 e. The molecule has 0 aliphatic carbocycles. The molecule has 80 valence electrons. The minimum Gasteiger partial charge on any atom is -0.378 e. The molecule has 0 aromatic carbocycles. The zero-order chi connectivity index (χ0) is 10.4. The van der Waals surface area contributed by atoms with E-state index in [1.807, 2.05) is 16.8 Å². The van der Waals surface area contributed by atoms with E-state index in [-0.39, 0.29) is 5.91 Å². The van der Waals surface area contributed by atoms with Crippen LogP contribution in [0, 0.1) is 6.92 Å². The van der Waals surface area contributed by atoms with Crippen LogP contribution in [-0.2, 0) is 9.53 Å². The second-order valence-corrected chi connectivity index (χ2v) is 3.51. The molecule has 0 N–H and O–H groups in total. The Morgan fingerprint density at radius 1 is 1.50 bits per heavy atom. The van der Waals surface area contributed by atoms with Crippen molar-refractivity contribution in [2.45, 2.75) is 6.42 Å². The summed E-state index contributed by atoms with van der Waals surface area (Å²) in [6.07, 6.45) is 0.549. The van der Waals surface area contributed by atoms with Crippen LogP contribution in [0.5, 0.6) is 0 Å². The van der Waals surface area contributed by atoms with Gasteiger partial charge in [0.15, 0.2) is 0 Å². The predicted molar refractivity (Wildman–Crippen MR) is 53.8 cm³/mol. The molecule has 1 aliphatic heterocycles. The number of hydrogen-bond acceptors (Lipinski definition) is 3. The molecular weight excluding hydrogens is 180 g/mol. The maximum atomic E-state index is 11.6. The first-order chi connectivity index (χ1) is 6.74. The zero-order valence-electron chi connectivity index (χ0n) is 8.74. The summed E-state index contributed by atoms with van der Waals surface area (Å²) in [5.41, 5.74) is 0. The van der Waals surface area contributed by atoms with Crippen molar-refractivity contribution in [1.29, 1.82) is 0 Å². The topological polar surface area (TPSA) is 32.8 Å². The summed E-state index contributed by atoms with van der Waals surface area (Å²) in [7, 11) is 1.91. The highest BCUT2D eigenvalue weighted by Gasteiger charge is 2.16. The fourth-order valence-corrected chi connectivity index (χ4v) is 1.35. The van der Waals surface area contributed by atoms with E-state index in [0.717, 1.165) is 19.6 Å². The molecule has 4 heteroatoms. The third-order valence-electron chi connectivity index (χ3n) is 2.38. The van der Waals surface area contributed by atoms with Crippen molar-refractivity contribution in [3.63, 3.8) is 0 Å². The van der Waals surface area contributed by atoms with Crippen molar-refractivity contribution >= 4 is 5.91 Å². The molecule has 0 spiro atoms. The van der Waals surface area contributed by atoms with Crippen LogP contribution >= 0.6 is 0 Å². The number of carbonyl (C=O) groups is 1. The average molecular weight is 198 g/mol. The monoisotopic (exact) mass is 198 g/mol. The number of amides is 1. The molecule has 0 atom stereocenters. The SMILES string of the molecule is [CH]CN(C)CCC(=O)N1CCOCC1. The third kappa shape index (κ3) is 3.64. The van der Waals surface area contributed by atoms with E-state index in [4.69, 9.17) is 11.7 Å². The van der Waals surface area contributed by atoms with Gasteiger partial charge in [-0.2, -0.15) is 0 Å². The number of ether oxygens (including phenoxy) is 1.